The highest BCUT2D eigenvalue weighted by Crippen LogP contribution is 2.16. The largest absolute Gasteiger partial charge is 0.389 e. The van der Waals surface area contributed by atoms with Crippen LogP contribution < -0.4 is 5.73 Å². The van der Waals surface area contributed by atoms with Crippen molar-refractivity contribution in [1.82, 2.24) is 9.97 Å². The van der Waals surface area contributed by atoms with Gasteiger partial charge < -0.3 is 5.73 Å². The number of rotatable bonds is 3. The van der Waals surface area contributed by atoms with E-state index in [9.17, 15) is 0 Å². The van der Waals surface area contributed by atoms with Gasteiger partial charge >= 0.3 is 0 Å². The zero-order valence-corrected chi connectivity index (χ0v) is 10.8. The minimum atomic E-state index is 0.0953. The molecule has 0 spiro atoms. The van der Waals surface area contributed by atoms with E-state index in [4.69, 9.17) is 23.2 Å². The number of hydrogen-bond acceptors (Lipinski definition) is 4. The Morgan fingerprint density at radius 3 is 2.37 bits per heavy atom. The van der Waals surface area contributed by atoms with Gasteiger partial charge in [-0.2, -0.15) is 5.26 Å². The summed E-state index contributed by atoms with van der Waals surface area (Å²) in [5.41, 5.74) is 7.49. The Labute approximate surface area is 116 Å². The fourth-order valence-electron chi connectivity index (χ4n) is 1.50. The van der Waals surface area contributed by atoms with Crippen molar-refractivity contribution in [1.29, 1.82) is 5.26 Å². The smallest absolute Gasteiger partial charge is 0.159 e. The van der Waals surface area contributed by atoms with E-state index >= 15 is 0 Å². The van der Waals surface area contributed by atoms with Gasteiger partial charge in [-0.1, -0.05) is 36.5 Å². The zero-order valence-electron chi connectivity index (χ0n) is 9.95. The lowest BCUT2D eigenvalue weighted by molar-refractivity contribution is 1.18. The predicted octanol–water partition coefficient (Wildman–Crippen LogP) is 2.34. The van der Waals surface area contributed by atoms with Crippen molar-refractivity contribution in [2.75, 3.05) is 0 Å². The van der Waals surface area contributed by atoms with Crippen LogP contribution in [-0.4, -0.2) is 15.0 Å². The van der Waals surface area contributed by atoms with Crippen molar-refractivity contribution in [2.45, 2.75) is 0 Å². The molecule has 2 N–H and O–H groups in total. The predicted molar refractivity (Wildman–Crippen MR) is 77.8 cm³/mol. The number of aromatic nitrogens is 2. The highest BCUT2D eigenvalue weighted by molar-refractivity contribution is 7.80. The van der Waals surface area contributed by atoms with Gasteiger partial charge in [0.2, 0.25) is 0 Å². The second-order valence-electron chi connectivity index (χ2n) is 3.73. The van der Waals surface area contributed by atoms with Crippen molar-refractivity contribution in [3.8, 4) is 17.5 Å². The zero-order chi connectivity index (χ0) is 13.7. The van der Waals surface area contributed by atoms with Gasteiger partial charge in [-0.15, -0.1) is 0 Å². The van der Waals surface area contributed by atoms with Crippen molar-refractivity contribution in [3.05, 3.63) is 53.9 Å². The van der Waals surface area contributed by atoms with E-state index in [0.717, 1.165) is 11.1 Å². The summed E-state index contributed by atoms with van der Waals surface area (Å²) in [5, 5.41) is 8.88. The molecule has 0 radical (unpaired) electrons. The fraction of sp³-hybridized carbons (Fsp3) is 0. The Balaban J connectivity index is 2.30. The Bertz CT molecular complexity index is 654. The van der Waals surface area contributed by atoms with Crippen molar-refractivity contribution >= 4 is 23.3 Å². The van der Waals surface area contributed by atoms with Crippen molar-refractivity contribution in [3.63, 3.8) is 0 Å². The number of hydrogen-bond donors (Lipinski definition) is 1. The van der Waals surface area contributed by atoms with Crippen LogP contribution in [0.5, 0.6) is 0 Å². The van der Waals surface area contributed by atoms with Crippen molar-refractivity contribution < 1.29 is 0 Å². The molecule has 0 saturated carbocycles. The van der Waals surface area contributed by atoms with Crippen LogP contribution in [-0.2, 0) is 0 Å². The molecule has 92 valence electrons. The lowest BCUT2D eigenvalue weighted by atomic mass is 10.1. The number of nitriles is 1. The van der Waals surface area contributed by atoms with E-state index < -0.39 is 0 Å². The third kappa shape index (κ3) is 3.21. The maximum Gasteiger partial charge on any atom is 0.159 e. The summed E-state index contributed by atoms with van der Waals surface area (Å²) in [6, 6.07) is 11.2. The van der Waals surface area contributed by atoms with Gasteiger partial charge in [0.15, 0.2) is 5.82 Å². The second-order valence-corrected chi connectivity index (χ2v) is 4.17. The molecule has 0 fully saturated rings. The Kier molecular flexibility index (Phi) is 3.96. The summed E-state index contributed by atoms with van der Waals surface area (Å²) in [6.45, 7) is 0. The van der Waals surface area contributed by atoms with Gasteiger partial charge in [-0.25, -0.2) is 9.97 Å². The SMILES string of the molecule is N#CC(=Cc1ccc(-c2ncccn2)cc1)C(N)=S. The van der Waals surface area contributed by atoms with Gasteiger partial charge in [0, 0.05) is 18.0 Å². The Hall–Kier alpha value is -2.58. The summed E-state index contributed by atoms with van der Waals surface area (Å²) in [4.78, 5) is 8.42. The molecule has 0 amide bonds. The number of nitrogens with two attached hydrogens (primary N) is 1. The minimum absolute atomic E-state index is 0.0953. The Morgan fingerprint density at radius 2 is 1.84 bits per heavy atom. The van der Waals surface area contributed by atoms with Gasteiger partial charge in [0.05, 0.1) is 5.57 Å². The van der Waals surface area contributed by atoms with Crippen LogP contribution in [0.15, 0.2) is 48.3 Å². The highest BCUT2D eigenvalue weighted by Gasteiger charge is 2.01. The first-order chi connectivity index (χ1) is 9.20. The molecule has 0 bridgehead atoms. The van der Waals surface area contributed by atoms with E-state index in [0.29, 0.717) is 11.4 Å². The molecule has 5 heteroatoms. The number of nitrogens with zero attached hydrogens (tertiary/aromatic N) is 3. The molecule has 4 nitrogen and oxygen atoms in total. The topological polar surface area (TPSA) is 75.6 Å². The molecule has 0 saturated heterocycles. The lowest BCUT2D eigenvalue weighted by Crippen LogP contribution is -2.09. The fourth-order valence-corrected chi connectivity index (χ4v) is 1.61. The highest BCUT2D eigenvalue weighted by atomic mass is 32.1. The van der Waals surface area contributed by atoms with Gasteiger partial charge in [0.1, 0.15) is 11.1 Å². The molecule has 0 aliphatic carbocycles. The summed E-state index contributed by atoms with van der Waals surface area (Å²) in [6.07, 6.45) is 5.03. The third-order valence-corrected chi connectivity index (χ3v) is 2.65. The van der Waals surface area contributed by atoms with E-state index in [2.05, 4.69) is 9.97 Å². The van der Waals surface area contributed by atoms with Crippen LogP contribution in [0.2, 0.25) is 0 Å². The summed E-state index contributed by atoms with van der Waals surface area (Å²) in [5.74, 6) is 0.660. The number of thiocarbonyl (C=S) groups is 1. The van der Waals surface area contributed by atoms with E-state index in [-0.39, 0.29) is 4.99 Å². The first-order valence-electron chi connectivity index (χ1n) is 5.50. The molecule has 0 aliphatic rings. The van der Waals surface area contributed by atoms with E-state index in [1.165, 1.54) is 0 Å². The van der Waals surface area contributed by atoms with E-state index in [1.54, 1.807) is 24.5 Å². The molecule has 1 aromatic carbocycles. The summed E-state index contributed by atoms with van der Waals surface area (Å²) in [7, 11) is 0. The van der Waals surface area contributed by atoms with Gasteiger partial charge in [0.25, 0.3) is 0 Å². The molecular formula is C14H10N4S. The summed E-state index contributed by atoms with van der Waals surface area (Å²) < 4.78 is 0. The normalized spacial score (nSPS) is 10.8. The average Bonchev–Trinajstić information content (AvgIpc) is 2.46. The van der Waals surface area contributed by atoms with Gasteiger partial charge in [-0.05, 0) is 17.7 Å². The van der Waals surface area contributed by atoms with Crippen LogP contribution >= 0.6 is 12.2 Å². The van der Waals surface area contributed by atoms with Crippen LogP contribution in [0.4, 0.5) is 0 Å². The third-order valence-electron chi connectivity index (χ3n) is 2.43. The first kappa shape index (κ1) is 12.9. The number of benzene rings is 1. The Morgan fingerprint density at radius 1 is 1.21 bits per heavy atom. The molecule has 1 aromatic heterocycles. The maximum atomic E-state index is 8.88. The monoisotopic (exact) mass is 266 g/mol. The van der Waals surface area contributed by atoms with Crippen LogP contribution in [0, 0.1) is 11.3 Å². The van der Waals surface area contributed by atoms with Crippen LogP contribution in [0.1, 0.15) is 5.56 Å². The quantitative estimate of drug-likeness (QED) is 0.524. The standard InChI is InChI=1S/C14H10N4S/c15-9-12(13(16)19)8-10-2-4-11(5-3-10)14-17-6-1-7-18-14/h1-8H,(H2,16,19). The van der Waals surface area contributed by atoms with Crippen LogP contribution in [0.25, 0.3) is 17.5 Å². The molecule has 19 heavy (non-hydrogen) atoms. The molecule has 2 aromatic rings. The molecule has 0 atom stereocenters. The maximum absolute atomic E-state index is 8.88. The summed E-state index contributed by atoms with van der Waals surface area (Å²) >= 11 is 4.78. The molecule has 2 rings (SSSR count). The van der Waals surface area contributed by atoms with Crippen molar-refractivity contribution in [2.24, 2.45) is 5.73 Å². The molecule has 0 aliphatic heterocycles. The van der Waals surface area contributed by atoms with E-state index in [1.807, 2.05) is 30.3 Å². The second kappa shape index (κ2) is 5.85. The lowest BCUT2D eigenvalue weighted by Gasteiger charge is -2.00. The molecule has 0 unspecified atom stereocenters. The minimum Gasteiger partial charge on any atom is -0.389 e. The first-order valence-corrected chi connectivity index (χ1v) is 5.90. The average molecular weight is 266 g/mol. The van der Waals surface area contributed by atoms with Crippen LogP contribution in [0.3, 0.4) is 0 Å². The molecule has 1 heterocycles. The van der Waals surface area contributed by atoms with Gasteiger partial charge in [-0.3, -0.25) is 0 Å². The molecular weight excluding hydrogens is 256 g/mol.